The minimum absolute atomic E-state index is 0.115. The number of rotatable bonds is 6. The van der Waals surface area contributed by atoms with Crippen LogP contribution in [0.3, 0.4) is 0 Å². The molecule has 2 unspecified atom stereocenters. The molecule has 0 aliphatic heterocycles. The first-order valence-electron chi connectivity index (χ1n) is 6.07. The van der Waals surface area contributed by atoms with Gasteiger partial charge in [0.15, 0.2) is 0 Å². The molecule has 4 N–H and O–H groups in total. The molecule has 0 spiro atoms. The molecule has 1 rings (SSSR count). The van der Waals surface area contributed by atoms with Crippen LogP contribution < -0.4 is 22.3 Å². The summed E-state index contributed by atoms with van der Waals surface area (Å²) in [6.07, 6.45) is 2.32. The number of hydrogen-bond donors (Lipinski definition) is 3. The third-order valence-corrected chi connectivity index (χ3v) is 4.12. The lowest BCUT2D eigenvalue weighted by atomic mass is 10.4. The van der Waals surface area contributed by atoms with Crippen molar-refractivity contribution in [3.05, 3.63) is 20.8 Å². The zero-order valence-electron chi connectivity index (χ0n) is 11.4. The Balaban J connectivity index is 3.07. The standard InChI is InChI=1S/C11H20N4O3S/c1-4-5-15-9(12)8(10(16)14-11(15)17)13-6-7(2)19(3)18/h7,13H,4-6,12H2,1-3H3,(H,14,16,17). The van der Waals surface area contributed by atoms with Crippen LogP contribution in [0, 0.1) is 0 Å². The molecule has 1 aromatic rings. The number of hydrogen-bond acceptors (Lipinski definition) is 5. The van der Waals surface area contributed by atoms with Gasteiger partial charge in [-0.15, -0.1) is 0 Å². The van der Waals surface area contributed by atoms with E-state index in [1.165, 1.54) is 4.57 Å². The Hall–Kier alpha value is -1.57. The van der Waals surface area contributed by atoms with Crippen LogP contribution in [-0.2, 0) is 17.3 Å². The van der Waals surface area contributed by atoms with E-state index in [2.05, 4.69) is 10.3 Å². The average molecular weight is 288 g/mol. The van der Waals surface area contributed by atoms with E-state index in [1.807, 2.05) is 6.92 Å². The van der Waals surface area contributed by atoms with E-state index < -0.39 is 22.0 Å². The summed E-state index contributed by atoms with van der Waals surface area (Å²) in [7, 11) is -0.994. The highest BCUT2D eigenvalue weighted by atomic mass is 32.2. The molecule has 0 fully saturated rings. The Morgan fingerprint density at radius 2 is 2.11 bits per heavy atom. The zero-order chi connectivity index (χ0) is 14.6. The fraction of sp³-hybridized carbons (Fsp3) is 0.636. The molecule has 1 heterocycles. The number of aromatic nitrogens is 2. The molecule has 1 aromatic heterocycles. The highest BCUT2D eigenvalue weighted by molar-refractivity contribution is 7.84. The van der Waals surface area contributed by atoms with Gasteiger partial charge in [-0.2, -0.15) is 0 Å². The van der Waals surface area contributed by atoms with E-state index in [-0.39, 0.29) is 16.8 Å². The maximum atomic E-state index is 11.7. The summed E-state index contributed by atoms with van der Waals surface area (Å²) in [6, 6.07) is 0. The number of nitrogens with two attached hydrogens (primary N) is 1. The van der Waals surface area contributed by atoms with Crippen LogP contribution in [0.2, 0.25) is 0 Å². The van der Waals surface area contributed by atoms with Crippen molar-refractivity contribution >= 4 is 22.3 Å². The molecule has 7 nitrogen and oxygen atoms in total. The highest BCUT2D eigenvalue weighted by Crippen LogP contribution is 2.10. The highest BCUT2D eigenvalue weighted by Gasteiger charge is 2.13. The molecule has 0 radical (unpaired) electrons. The van der Waals surface area contributed by atoms with E-state index in [9.17, 15) is 13.8 Å². The number of H-pyrrole nitrogens is 1. The van der Waals surface area contributed by atoms with Gasteiger partial charge in [-0.05, 0) is 13.3 Å². The van der Waals surface area contributed by atoms with E-state index in [4.69, 9.17) is 5.73 Å². The second kappa shape index (κ2) is 6.55. The molecule has 8 heteroatoms. The van der Waals surface area contributed by atoms with E-state index in [0.29, 0.717) is 13.1 Å². The van der Waals surface area contributed by atoms with Crippen LogP contribution in [0.25, 0.3) is 0 Å². The second-order valence-corrected chi connectivity index (χ2v) is 6.16. The number of nitrogens with one attached hydrogen (secondary N) is 2. The Bertz CT molecular complexity index is 578. The van der Waals surface area contributed by atoms with Gasteiger partial charge < -0.3 is 11.1 Å². The molecule has 108 valence electrons. The van der Waals surface area contributed by atoms with Gasteiger partial charge in [0.05, 0.1) is 0 Å². The summed E-state index contributed by atoms with van der Waals surface area (Å²) in [4.78, 5) is 25.5. The van der Waals surface area contributed by atoms with Crippen LogP contribution >= 0.6 is 0 Å². The molecular formula is C11H20N4O3S. The molecule has 0 aliphatic rings. The Morgan fingerprint density at radius 1 is 1.47 bits per heavy atom. The third kappa shape index (κ3) is 3.69. The fourth-order valence-electron chi connectivity index (χ4n) is 1.57. The Labute approximate surface area is 113 Å². The minimum Gasteiger partial charge on any atom is -0.383 e. The maximum absolute atomic E-state index is 11.7. The lowest BCUT2D eigenvalue weighted by Gasteiger charge is -2.15. The molecule has 0 aliphatic carbocycles. The van der Waals surface area contributed by atoms with Gasteiger partial charge in [-0.3, -0.25) is 18.6 Å². The van der Waals surface area contributed by atoms with Gasteiger partial charge >= 0.3 is 5.69 Å². The fourth-order valence-corrected chi connectivity index (χ4v) is 1.89. The maximum Gasteiger partial charge on any atom is 0.330 e. The van der Waals surface area contributed by atoms with E-state index in [0.717, 1.165) is 6.42 Å². The predicted octanol–water partition coefficient (Wildman–Crippen LogP) is -0.292. The largest absolute Gasteiger partial charge is 0.383 e. The van der Waals surface area contributed by atoms with Gasteiger partial charge in [0, 0.05) is 35.4 Å². The van der Waals surface area contributed by atoms with Crippen LogP contribution in [-0.4, -0.2) is 31.8 Å². The van der Waals surface area contributed by atoms with Crippen LogP contribution in [0.15, 0.2) is 9.59 Å². The SMILES string of the molecule is CCCn1c(N)c(NCC(C)S(C)=O)c(=O)[nH]c1=O. The van der Waals surface area contributed by atoms with Crippen molar-refractivity contribution in [1.82, 2.24) is 9.55 Å². The molecular weight excluding hydrogens is 268 g/mol. The predicted molar refractivity (Wildman–Crippen MR) is 78.0 cm³/mol. The minimum atomic E-state index is -0.994. The van der Waals surface area contributed by atoms with Crippen LogP contribution in [0.5, 0.6) is 0 Å². The molecule has 0 aromatic carbocycles. The van der Waals surface area contributed by atoms with Gasteiger partial charge in [0.2, 0.25) is 0 Å². The van der Waals surface area contributed by atoms with E-state index >= 15 is 0 Å². The lowest BCUT2D eigenvalue weighted by Crippen LogP contribution is -2.35. The summed E-state index contributed by atoms with van der Waals surface area (Å²) in [5, 5.41) is 2.75. The quantitative estimate of drug-likeness (QED) is 0.666. The van der Waals surface area contributed by atoms with Crippen LogP contribution in [0.4, 0.5) is 11.5 Å². The van der Waals surface area contributed by atoms with Crippen LogP contribution in [0.1, 0.15) is 20.3 Å². The van der Waals surface area contributed by atoms with Gasteiger partial charge in [0.25, 0.3) is 5.56 Å². The Kier molecular flexibility index (Phi) is 5.34. The van der Waals surface area contributed by atoms with Gasteiger partial charge in [-0.1, -0.05) is 6.92 Å². The summed E-state index contributed by atoms with van der Waals surface area (Å²) < 4.78 is 12.6. The monoisotopic (exact) mass is 288 g/mol. The smallest absolute Gasteiger partial charge is 0.330 e. The van der Waals surface area contributed by atoms with Gasteiger partial charge in [-0.25, -0.2) is 4.79 Å². The summed E-state index contributed by atoms with van der Waals surface area (Å²) >= 11 is 0. The van der Waals surface area contributed by atoms with Crippen molar-refractivity contribution in [3.63, 3.8) is 0 Å². The van der Waals surface area contributed by atoms with Crippen molar-refractivity contribution in [2.24, 2.45) is 0 Å². The second-order valence-electron chi connectivity index (χ2n) is 4.36. The van der Waals surface area contributed by atoms with Crippen molar-refractivity contribution < 1.29 is 4.21 Å². The summed E-state index contributed by atoms with van der Waals surface area (Å²) in [5.41, 5.74) is 4.93. The van der Waals surface area contributed by atoms with Crippen molar-refractivity contribution in [2.45, 2.75) is 32.1 Å². The summed E-state index contributed by atoms with van der Waals surface area (Å²) in [5.74, 6) is 0.115. The van der Waals surface area contributed by atoms with Crippen molar-refractivity contribution in [3.8, 4) is 0 Å². The molecule has 0 saturated carbocycles. The number of aromatic amines is 1. The number of nitrogens with zero attached hydrogens (tertiary/aromatic N) is 1. The topological polar surface area (TPSA) is 110 Å². The molecule has 2 atom stereocenters. The first-order chi connectivity index (χ1) is 8.88. The average Bonchev–Trinajstić information content (AvgIpc) is 2.33. The molecule has 0 saturated heterocycles. The molecule has 0 bridgehead atoms. The van der Waals surface area contributed by atoms with Crippen molar-refractivity contribution in [1.29, 1.82) is 0 Å². The molecule has 19 heavy (non-hydrogen) atoms. The van der Waals surface area contributed by atoms with Gasteiger partial charge in [0.1, 0.15) is 11.5 Å². The lowest BCUT2D eigenvalue weighted by molar-refractivity contribution is 0.642. The van der Waals surface area contributed by atoms with Crippen molar-refractivity contribution in [2.75, 3.05) is 23.9 Å². The Morgan fingerprint density at radius 3 is 2.63 bits per heavy atom. The first-order valence-corrected chi connectivity index (χ1v) is 7.69. The summed E-state index contributed by atoms with van der Waals surface area (Å²) in [6.45, 7) is 4.49. The normalized spacial score (nSPS) is 14.1. The third-order valence-electron chi connectivity index (χ3n) is 2.82. The van der Waals surface area contributed by atoms with E-state index in [1.54, 1.807) is 13.2 Å². The molecule has 0 amide bonds. The number of anilines is 2. The zero-order valence-corrected chi connectivity index (χ0v) is 12.2. The first kappa shape index (κ1) is 15.5. The number of nitrogen functional groups attached to an aromatic ring is 1.